The van der Waals surface area contributed by atoms with Crippen LogP contribution in [0.5, 0.6) is 0 Å². The minimum atomic E-state index is -0.307. The Balaban J connectivity index is 1.64. The lowest BCUT2D eigenvalue weighted by Gasteiger charge is -2.65. The van der Waals surface area contributed by atoms with Crippen molar-refractivity contribution in [3.8, 4) is 0 Å². The molecule has 1 aromatic carbocycles. The fourth-order valence-electron chi connectivity index (χ4n) is 5.11. The molecule has 4 bridgehead atoms. The molecular weight excluding hydrogens is 288 g/mol. The average Bonchev–Trinajstić information content (AvgIpc) is 2.61. The van der Waals surface area contributed by atoms with Crippen LogP contribution in [0.2, 0.25) is 0 Å². The van der Waals surface area contributed by atoms with E-state index in [1.54, 1.807) is 0 Å². The molecule has 5 aliphatic rings. The molecule has 23 heavy (non-hydrogen) atoms. The van der Waals surface area contributed by atoms with Crippen LogP contribution in [0.1, 0.15) is 37.9 Å². The summed E-state index contributed by atoms with van der Waals surface area (Å²) in [5.41, 5.74) is 2.14. The summed E-state index contributed by atoms with van der Waals surface area (Å²) in [5, 5.41) is 11.6. The average molecular weight is 310 g/mol. The predicted octanol–water partition coefficient (Wildman–Crippen LogP) is 2.87. The maximum absolute atomic E-state index is 10.5. The Morgan fingerprint density at radius 2 is 2.17 bits per heavy atom. The van der Waals surface area contributed by atoms with Crippen molar-refractivity contribution in [3.05, 3.63) is 42.1 Å². The van der Waals surface area contributed by atoms with Crippen LogP contribution in [0, 0.1) is 5.92 Å². The fraction of sp³-hybridized carbons (Fsp3) is 0.526. The highest BCUT2D eigenvalue weighted by Gasteiger charge is 2.61. The van der Waals surface area contributed by atoms with Crippen LogP contribution in [0.25, 0.3) is 10.9 Å². The summed E-state index contributed by atoms with van der Waals surface area (Å²) in [6.07, 6.45) is 4.60. The molecular formula is C19H22N2O2. The van der Waals surface area contributed by atoms with E-state index < -0.39 is 0 Å². The van der Waals surface area contributed by atoms with Gasteiger partial charge in [-0.2, -0.15) is 0 Å². The van der Waals surface area contributed by atoms with E-state index in [1.807, 2.05) is 12.3 Å². The van der Waals surface area contributed by atoms with Gasteiger partial charge in [0.1, 0.15) is 6.23 Å². The first kappa shape index (κ1) is 13.9. The quantitative estimate of drug-likeness (QED) is 0.926. The van der Waals surface area contributed by atoms with Gasteiger partial charge in [-0.05, 0) is 42.9 Å². The van der Waals surface area contributed by atoms with Gasteiger partial charge in [-0.25, -0.2) is 0 Å². The number of nitrogens with zero attached hydrogens (tertiary/aromatic N) is 2. The lowest BCUT2D eigenvalue weighted by atomic mass is 9.66. The number of hydrogen-bond acceptors (Lipinski definition) is 4. The standard InChI is InChI=1S/C19H22N2O2/c1-2-19-11-21-16(9-12(19)10-17(21)22)18(23-19)14-7-8-20-15-6-4-3-5-13(14)15/h3-8,12,16-18,22H,2,9-11H2,1H3/t12-,16-,17?,18+,19-/m1/s1. The predicted molar refractivity (Wildman–Crippen MR) is 87.8 cm³/mol. The van der Waals surface area contributed by atoms with Crippen molar-refractivity contribution in [1.82, 2.24) is 9.88 Å². The number of aliphatic hydroxyl groups excluding tert-OH is 1. The number of hydrogen-bond donors (Lipinski definition) is 1. The smallest absolute Gasteiger partial charge is 0.108 e. The molecule has 0 aliphatic carbocycles. The molecule has 0 amide bonds. The Labute approximate surface area is 136 Å². The summed E-state index contributed by atoms with van der Waals surface area (Å²) in [4.78, 5) is 6.77. The van der Waals surface area contributed by atoms with Crippen molar-refractivity contribution < 1.29 is 9.84 Å². The number of ether oxygens (including phenoxy) is 1. The van der Waals surface area contributed by atoms with Gasteiger partial charge in [0.2, 0.25) is 0 Å². The number of aliphatic hydroxyl groups is 1. The Morgan fingerprint density at radius 1 is 1.30 bits per heavy atom. The molecule has 0 spiro atoms. The van der Waals surface area contributed by atoms with E-state index in [0.717, 1.165) is 31.3 Å². The zero-order valence-corrected chi connectivity index (χ0v) is 13.4. The Kier molecular flexibility index (Phi) is 2.88. The van der Waals surface area contributed by atoms with E-state index in [0.29, 0.717) is 5.92 Å². The Bertz CT molecular complexity index is 759. The molecule has 7 rings (SSSR count). The highest BCUT2D eigenvalue weighted by atomic mass is 16.5. The summed E-state index contributed by atoms with van der Waals surface area (Å²) in [5.74, 6) is 0.488. The molecule has 2 aromatic rings. The molecule has 120 valence electrons. The largest absolute Gasteiger partial charge is 0.378 e. The van der Waals surface area contributed by atoms with E-state index in [1.165, 1.54) is 10.9 Å². The fourth-order valence-corrected chi connectivity index (χ4v) is 5.11. The van der Waals surface area contributed by atoms with Crippen LogP contribution < -0.4 is 0 Å². The van der Waals surface area contributed by atoms with Crippen LogP contribution in [0.15, 0.2) is 36.5 Å². The van der Waals surface area contributed by atoms with E-state index >= 15 is 0 Å². The second-order valence-electron chi connectivity index (χ2n) is 7.26. The van der Waals surface area contributed by atoms with Crippen molar-refractivity contribution in [2.45, 2.75) is 50.2 Å². The number of aromatic nitrogens is 1. The third-order valence-electron chi connectivity index (χ3n) is 6.32. The molecule has 5 aliphatic heterocycles. The van der Waals surface area contributed by atoms with E-state index in [9.17, 15) is 5.11 Å². The van der Waals surface area contributed by atoms with Gasteiger partial charge in [-0.1, -0.05) is 25.1 Å². The van der Waals surface area contributed by atoms with Gasteiger partial charge >= 0.3 is 0 Å². The van der Waals surface area contributed by atoms with Crippen molar-refractivity contribution in [1.29, 1.82) is 0 Å². The van der Waals surface area contributed by atoms with Crippen molar-refractivity contribution in [3.63, 3.8) is 0 Å². The van der Waals surface area contributed by atoms with Crippen LogP contribution in [0.3, 0.4) is 0 Å². The molecule has 0 radical (unpaired) electrons. The van der Waals surface area contributed by atoms with Crippen molar-refractivity contribution >= 4 is 10.9 Å². The van der Waals surface area contributed by atoms with Crippen LogP contribution in [-0.2, 0) is 4.74 Å². The summed E-state index contributed by atoms with van der Waals surface area (Å²) in [6, 6.07) is 10.6. The number of fused-ring (bicyclic) bond motifs is 3. The monoisotopic (exact) mass is 310 g/mol. The van der Waals surface area contributed by atoms with Gasteiger partial charge < -0.3 is 9.84 Å². The number of rotatable bonds is 2. The van der Waals surface area contributed by atoms with Crippen molar-refractivity contribution in [2.24, 2.45) is 5.92 Å². The molecule has 2 unspecified atom stereocenters. The molecule has 0 saturated carbocycles. The summed E-state index contributed by atoms with van der Waals surface area (Å²) in [6.45, 7) is 3.09. The number of piperidine rings is 3. The zero-order chi connectivity index (χ0) is 15.6. The lowest BCUT2D eigenvalue weighted by Crippen LogP contribution is -2.73. The number of para-hydroxylation sites is 1. The van der Waals surface area contributed by atoms with E-state index in [2.05, 4.69) is 41.1 Å². The molecule has 4 heteroatoms. The van der Waals surface area contributed by atoms with Crippen LogP contribution in [0.4, 0.5) is 0 Å². The number of benzene rings is 1. The maximum atomic E-state index is 10.5. The van der Waals surface area contributed by atoms with Gasteiger partial charge in [-0.15, -0.1) is 0 Å². The molecule has 1 N–H and O–H groups in total. The van der Waals surface area contributed by atoms with Gasteiger partial charge in [0.05, 0.1) is 17.2 Å². The number of morpholine rings is 1. The van der Waals surface area contributed by atoms with Crippen LogP contribution in [-0.4, -0.2) is 39.4 Å². The lowest BCUT2D eigenvalue weighted by molar-refractivity contribution is -0.311. The highest BCUT2D eigenvalue weighted by molar-refractivity contribution is 5.82. The SMILES string of the molecule is CC[C@@]12CN3C(O)C[C@H]1C[C@@H]3[C@H](c1ccnc3ccccc13)O2. The first-order valence-electron chi connectivity index (χ1n) is 8.67. The molecule has 5 saturated heterocycles. The van der Waals surface area contributed by atoms with Gasteiger partial charge in [-0.3, -0.25) is 9.88 Å². The van der Waals surface area contributed by atoms with Crippen LogP contribution >= 0.6 is 0 Å². The topological polar surface area (TPSA) is 45.6 Å². The van der Waals surface area contributed by atoms with E-state index in [4.69, 9.17) is 4.74 Å². The molecule has 5 fully saturated rings. The third kappa shape index (κ3) is 1.80. The highest BCUT2D eigenvalue weighted by Crippen LogP contribution is 2.55. The van der Waals surface area contributed by atoms with Gasteiger partial charge in [0.15, 0.2) is 0 Å². The Morgan fingerprint density at radius 3 is 3.00 bits per heavy atom. The molecule has 6 heterocycles. The first-order valence-corrected chi connectivity index (χ1v) is 8.67. The van der Waals surface area contributed by atoms with Crippen molar-refractivity contribution in [2.75, 3.05) is 6.54 Å². The van der Waals surface area contributed by atoms with Gasteiger partial charge in [0, 0.05) is 24.2 Å². The number of pyridine rings is 1. The van der Waals surface area contributed by atoms with E-state index in [-0.39, 0.29) is 24.0 Å². The van der Waals surface area contributed by atoms with Gasteiger partial charge in [0.25, 0.3) is 0 Å². The second-order valence-corrected chi connectivity index (χ2v) is 7.26. The minimum Gasteiger partial charge on any atom is -0.378 e. The molecule has 4 nitrogen and oxygen atoms in total. The zero-order valence-electron chi connectivity index (χ0n) is 13.4. The Hall–Kier alpha value is -1.49. The molecule has 1 aromatic heterocycles. The first-order chi connectivity index (χ1) is 11.2. The summed E-state index contributed by atoms with van der Waals surface area (Å²) >= 11 is 0. The minimum absolute atomic E-state index is 0.0304. The summed E-state index contributed by atoms with van der Waals surface area (Å²) < 4.78 is 6.72. The third-order valence-corrected chi connectivity index (χ3v) is 6.32. The second kappa shape index (κ2) is 4.76. The maximum Gasteiger partial charge on any atom is 0.108 e. The molecule has 6 atom stereocenters. The summed E-state index contributed by atoms with van der Waals surface area (Å²) in [7, 11) is 0. The normalized spacial score (nSPS) is 41.6.